The second-order valence-electron chi connectivity index (χ2n) is 6.33. The SMILES string of the molecule is c1ccn2c(CN3CCN(C4CCOCC4)CC3)cnc2c1. The molecule has 2 saturated heterocycles. The molecule has 0 spiro atoms. The molecule has 4 rings (SSSR count). The first-order valence-electron chi connectivity index (χ1n) is 8.35. The molecule has 2 aromatic rings. The summed E-state index contributed by atoms with van der Waals surface area (Å²) in [5.74, 6) is 0. The maximum Gasteiger partial charge on any atom is 0.136 e. The van der Waals surface area contributed by atoms with Crippen LogP contribution in [0.5, 0.6) is 0 Å². The minimum absolute atomic E-state index is 0.742. The summed E-state index contributed by atoms with van der Waals surface area (Å²) in [5.41, 5.74) is 2.33. The summed E-state index contributed by atoms with van der Waals surface area (Å²) in [6.07, 6.45) is 6.52. The number of hydrogen-bond donors (Lipinski definition) is 0. The summed E-state index contributed by atoms with van der Waals surface area (Å²) in [5, 5.41) is 0. The first-order chi connectivity index (χ1) is 10.9. The molecule has 0 aliphatic carbocycles. The lowest BCUT2D eigenvalue weighted by Gasteiger charge is -2.40. The summed E-state index contributed by atoms with van der Waals surface area (Å²) in [4.78, 5) is 9.69. The number of piperazine rings is 1. The number of nitrogens with zero attached hydrogens (tertiary/aromatic N) is 4. The second-order valence-corrected chi connectivity index (χ2v) is 6.33. The van der Waals surface area contributed by atoms with Gasteiger partial charge in [-0.3, -0.25) is 9.80 Å². The predicted octanol–water partition coefficient (Wildman–Crippen LogP) is 1.63. The molecular weight excluding hydrogens is 276 g/mol. The van der Waals surface area contributed by atoms with Crippen LogP contribution in [0.4, 0.5) is 0 Å². The van der Waals surface area contributed by atoms with Crippen LogP contribution in [-0.4, -0.2) is 64.6 Å². The number of ether oxygens (including phenoxy) is 1. The van der Waals surface area contributed by atoms with Crippen molar-refractivity contribution in [3.8, 4) is 0 Å². The second kappa shape index (κ2) is 6.36. The number of aromatic nitrogens is 2. The highest BCUT2D eigenvalue weighted by molar-refractivity contribution is 5.39. The fourth-order valence-electron chi connectivity index (χ4n) is 3.67. The molecule has 22 heavy (non-hydrogen) atoms. The van der Waals surface area contributed by atoms with Crippen molar-refractivity contribution >= 4 is 5.65 Å². The lowest BCUT2D eigenvalue weighted by molar-refractivity contribution is 0.0124. The third-order valence-electron chi connectivity index (χ3n) is 4.99. The van der Waals surface area contributed by atoms with Gasteiger partial charge in [-0.1, -0.05) is 6.07 Å². The molecule has 0 amide bonds. The topological polar surface area (TPSA) is 33.0 Å². The number of fused-ring (bicyclic) bond motifs is 1. The highest BCUT2D eigenvalue weighted by Gasteiger charge is 2.25. The van der Waals surface area contributed by atoms with Crippen molar-refractivity contribution in [1.82, 2.24) is 19.2 Å². The Balaban J connectivity index is 1.35. The van der Waals surface area contributed by atoms with Gasteiger partial charge in [0.15, 0.2) is 0 Å². The minimum Gasteiger partial charge on any atom is -0.381 e. The van der Waals surface area contributed by atoms with Gasteiger partial charge in [-0.15, -0.1) is 0 Å². The smallest absolute Gasteiger partial charge is 0.136 e. The Kier molecular flexibility index (Phi) is 4.10. The Morgan fingerprint density at radius 3 is 2.73 bits per heavy atom. The van der Waals surface area contributed by atoms with Crippen molar-refractivity contribution in [2.75, 3.05) is 39.4 Å². The van der Waals surface area contributed by atoms with Gasteiger partial charge in [-0.25, -0.2) is 4.98 Å². The van der Waals surface area contributed by atoms with E-state index in [1.807, 2.05) is 12.3 Å². The van der Waals surface area contributed by atoms with E-state index in [0.717, 1.165) is 44.5 Å². The molecular formula is C17H24N4O. The van der Waals surface area contributed by atoms with Crippen LogP contribution in [0, 0.1) is 0 Å². The van der Waals surface area contributed by atoms with E-state index in [1.165, 1.54) is 31.6 Å². The van der Waals surface area contributed by atoms with Crippen molar-refractivity contribution in [2.45, 2.75) is 25.4 Å². The predicted molar refractivity (Wildman–Crippen MR) is 85.9 cm³/mol. The monoisotopic (exact) mass is 300 g/mol. The zero-order chi connectivity index (χ0) is 14.8. The van der Waals surface area contributed by atoms with Crippen LogP contribution in [0.3, 0.4) is 0 Å². The molecule has 0 unspecified atom stereocenters. The van der Waals surface area contributed by atoms with Crippen LogP contribution in [-0.2, 0) is 11.3 Å². The summed E-state index contributed by atoms with van der Waals surface area (Å²) >= 11 is 0. The van der Waals surface area contributed by atoms with Crippen molar-refractivity contribution in [3.63, 3.8) is 0 Å². The summed E-state index contributed by atoms with van der Waals surface area (Å²) in [6, 6.07) is 6.92. The van der Waals surface area contributed by atoms with Crippen LogP contribution in [0.25, 0.3) is 5.65 Å². The summed E-state index contributed by atoms with van der Waals surface area (Å²) < 4.78 is 7.68. The molecule has 5 nitrogen and oxygen atoms in total. The lowest BCUT2D eigenvalue weighted by atomic mass is 10.1. The third kappa shape index (κ3) is 2.89. The quantitative estimate of drug-likeness (QED) is 0.862. The van der Waals surface area contributed by atoms with Gasteiger partial charge in [0.1, 0.15) is 5.65 Å². The van der Waals surface area contributed by atoms with E-state index in [-0.39, 0.29) is 0 Å². The standard InChI is InChI=1S/C17H24N4O/c1-2-6-21-16(13-18-17(21)3-1)14-19-7-9-20(10-8-19)15-4-11-22-12-5-15/h1-3,6,13,15H,4-5,7-12,14H2. The van der Waals surface area contributed by atoms with Gasteiger partial charge >= 0.3 is 0 Å². The van der Waals surface area contributed by atoms with Crippen LogP contribution in [0.1, 0.15) is 18.5 Å². The molecule has 0 aromatic carbocycles. The molecule has 0 atom stereocenters. The molecule has 0 radical (unpaired) electrons. The Morgan fingerprint density at radius 1 is 1.09 bits per heavy atom. The highest BCUT2D eigenvalue weighted by atomic mass is 16.5. The fraction of sp³-hybridized carbons (Fsp3) is 0.588. The number of hydrogen-bond acceptors (Lipinski definition) is 4. The van der Waals surface area contributed by atoms with Crippen LogP contribution < -0.4 is 0 Å². The van der Waals surface area contributed by atoms with Crippen LogP contribution in [0.2, 0.25) is 0 Å². The lowest BCUT2D eigenvalue weighted by Crippen LogP contribution is -2.51. The molecule has 2 aromatic heterocycles. The van der Waals surface area contributed by atoms with Crippen LogP contribution in [0.15, 0.2) is 30.6 Å². The van der Waals surface area contributed by atoms with E-state index in [0.29, 0.717) is 0 Å². The number of imidazole rings is 1. The normalized spacial score (nSPS) is 22.4. The minimum atomic E-state index is 0.742. The number of pyridine rings is 1. The van der Waals surface area contributed by atoms with E-state index in [4.69, 9.17) is 4.74 Å². The van der Waals surface area contributed by atoms with Crippen molar-refractivity contribution in [1.29, 1.82) is 0 Å². The third-order valence-corrected chi connectivity index (χ3v) is 4.99. The first-order valence-corrected chi connectivity index (χ1v) is 8.35. The van der Waals surface area contributed by atoms with E-state index in [2.05, 4.69) is 37.5 Å². The molecule has 2 fully saturated rings. The summed E-state index contributed by atoms with van der Waals surface area (Å²) in [6.45, 7) is 7.53. The van der Waals surface area contributed by atoms with Crippen molar-refractivity contribution < 1.29 is 4.74 Å². The van der Waals surface area contributed by atoms with Gasteiger partial charge in [0.05, 0.1) is 11.9 Å². The molecule has 4 heterocycles. The molecule has 118 valence electrons. The van der Waals surface area contributed by atoms with E-state index in [1.54, 1.807) is 0 Å². The van der Waals surface area contributed by atoms with Crippen molar-refractivity contribution in [2.24, 2.45) is 0 Å². The average molecular weight is 300 g/mol. The highest BCUT2D eigenvalue weighted by Crippen LogP contribution is 2.17. The van der Waals surface area contributed by atoms with Crippen LogP contribution >= 0.6 is 0 Å². The molecule has 0 bridgehead atoms. The Morgan fingerprint density at radius 2 is 1.91 bits per heavy atom. The number of rotatable bonds is 3. The van der Waals surface area contributed by atoms with Crippen molar-refractivity contribution in [3.05, 3.63) is 36.3 Å². The van der Waals surface area contributed by atoms with Gasteiger partial charge in [-0.05, 0) is 25.0 Å². The van der Waals surface area contributed by atoms with E-state index in [9.17, 15) is 0 Å². The van der Waals surface area contributed by atoms with Gasteiger partial charge in [0.25, 0.3) is 0 Å². The maximum absolute atomic E-state index is 5.48. The molecule has 5 heteroatoms. The van der Waals surface area contributed by atoms with E-state index >= 15 is 0 Å². The van der Waals surface area contributed by atoms with Gasteiger partial charge in [-0.2, -0.15) is 0 Å². The molecule has 0 saturated carbocycles. The summed E-state index contributed by atoms with van der Waals surface area (Å²) in [7, 11) is 0. The molecule has 2 aliphatic rings. The maximum atomic E-state index is 5.48. The Labute approximate surface area is 131 Å². The average Bonchev–Trinajstić information content (AvgIpc) is 3.00. The fourth-order valence-corrected chi connectivity index (χ4v) is 3.67. The zero-order valence-corrected chi connectivity index (χ0v) is 13.0. The Bertz CT molecular complexity index is 612. The molecule has 0 N–H and O–H groups in total. The molecule has 2 aliphatic heterocycles. The zero-order valence-electron chi connectivity index (χ0n) is 13.0. The Hall–Kier alpha value is -1.43. The van der Waals surface area contributed by atoms with Gasteiger partial charge in [0.2, 0.25) is 0 Å². The first kappa shape index (κ1) is 14.2. The van der Waals surface area contributed by atoms with Gasteiger partial charge in [0, 0.05) is 58.2 Å². The van der Waals surface area contributed by atoms with E-state index < -0.39 is 0 Å². The van der Waals surface area contributed by atoms with Gasteiger partial charge < -0.3 is 9.14 Å². The largest absolute Gasteiger partial charge is 0.381 e.